The summed E-state index contributed by atoms with van der Waals surface area (Å²) in [4.78, 5) is 0. The largest absolute Gasteiger partial charge is 0.392 e. The molecule has 0 spiro atoms. The number of aliphatic hydroxyl groups is 1. The molecule has 1 atom stereocenters. The molecule has 2 heteroatoms. The second-order valence-electron chi connectivity index (χ2n) is 9.01. The summed E-state index contributed by atoms with van der Waals surface area (Å²) in [5, 5.41) is 13.5. The second-order valence-corrected chi connectivity index (χ2v) is 9.01. The Bertz CT molecular complexity index is 269. The van der Waals surface area contributed by atoms with E-state index in [0.29, 0.717) is 0 Å². The van der Waals surface area contributed by atoms with Crippen molar-refractivity contribution in [2.24, 2.45) is 0 Å². The molecule has 0 saturated carbocycles. The number of rotatable bonds is 24. The fourth-order valence-corrected chi connectivity index (χ4v) is 3.98. The van der Waals surface area contributed by atoms with Gasteiger partial charge in [-0.3, -0.25) is 0 Å². The van der Waals surface area contributed by atoms with E-state index in [9.17, 15) is 5.11 Å². The SMILES string of the molecule is CCCCCCCCCCCCCCC(O)CNCCCCCCCCCC. The Morgan fingerprint density at radius 3 is 1.29 bits per heavy atom. The topological polar surface area (TPSA) is 32.3 Å². The normalized spacial score (nSPS) is 12.5. The fraction of sp³-hybridized carbons (Fsp3) is 1.00. The molecule has 2 nitrogen and oxygen atoms in total. The summed E-state index contributed by atoms with van der Waals surface area (Å²) in [5.41, 5.74) is 0. The highest BCUT2D eigenvalue weighted by Gasteiger charge is 2.03. The molecule has 0 heterocycles. The summed E-state index contributed by atoms with van der Waals surface area (Å²) >= 11 is 0. The van der Waals surface area contributed by atoms with Crippen LogP contribution in [0.2, 0.25) is 0 Å². The van der Waals surface area contributed by atoms with E-state index in [-0.39, 0.29) is 6.10 Å². The minimum Gasteiger partial charge on any atom is -0.392 e. The monoisotopic (exact) mass is 397 g/mol. The fourth-order valence-electron chi connectivity index (χ4n) is 3.98. The van der Waals surface area contributed by atoms with Gasteiger partial charge < -0.3 is 10.4 Å². The first-order valence-corrected chi connectivity index (χ1v) is 13.2. The average molecular weight is 398 g/mol. The van der Waals surface area contributed by atoms with Crippen molar-refractivity contribution >= 4 is 0 Å². The minimum absolute atomic E-state index is 0.142. The Labute approximate surface area is 178 Å². The maximum atomic E-state index is 10.1. The zero-order chi connectivity index (χ0) is 20.5. The van der Waals surface area contributed by atoms with E-state index in [1.807, 2.05) is 0 Å². The molecule has 0 rings (SSSR count). The van der Waals surface area contributed by atoms with Crippen LogP contribution in [0.3, 0.4) is 0 Å². The number of aliphatic hydroxyl groups excluding tert-OH is 1. The first-order valence-electron chi connectivity index (χ1n) is 13.2. The molecule has 0 aromatic heterocycles. The Morgan fingerprint density at radius 1 is 0.500 bits per heavy atom. The van der Waals surface area contributed by atoms with Gasteiger partial charge in [0.1, 0.15) is 0 Å². The first-order chi connectivity index (χ1) is 13.8. The zero-order valence-corrected chi connectivity index (χ0v) is 19.8. The Morgan fingerprint density at radius 2 is 0.857 bits per heavy atom. The smallest absolute Gasteiger partial charge is 0.0664 e. The summed E-state index contributed by atoms with van der Waals surface area (Å²) in [6.45, 7) is 6.42. The van der Waals surface area contributed by atoms with E-state index in [1.54, 1.807) is 0 Å². The van der Waals surface area contributed by atoms with E-state index < -0.39 is 0 Å². The third kappa shape index (κ3) is 24.0. The van der Waals surface area contributed by atoms with Gasteiger partial charge in [-0.2, -0.15) is 0 Å². The lowest BCUT2D eigenvalue weighted by Gasteiger charge is -2.11. The molecule has 28 heavy (non-hydrogen) atoms. The molecule has 170 valence electrons. The summed E-state index contributed by atoms with van der Waals surface area (Å²) in [6.07, 6.45) is 28.4. The van der Waals surface area contributed by atoms with Crippen molar-refractivity contribution in [2.45, 2.75) is 155 Å². The summed E-state index contributed by atoms with van der Waals surface area (Å²) in [5.74, 6) is 0. The van der Waals surface area contributed by atoms with Gasteiger partial charge >= 0.3 is 0 Å². The second kappa shape index (κ2) is 25.0. The van der Waals surface area contributed by atoms with Crippen LogP contribution in [0.5, 0.6) is 0 Å². The van der Waals surface area contributed by atoms with Crippen LogP contribution < -0.4 is 5.32 Å². The molecule has 0 aromatic rings. The highest BCUT2D eigenvalue weighted by atomic mass is 16.3. The third-order valence-electron chi connectivity index (χ3n) is 5.98. The number of hydrogen-bond acceptors (Lipinski definition) is 2. The van der Waals surface area contributed by atoms with Gasteiger partial charge in [-0.15, -0.1) is 0 Å². The van der Waals surface area contributed by atoms with Crippen molar-refractivity contribution in [3.63, 3.8) is 0 Å². The van der Waals surface area contributed by atoms with Crippen molar-refractivity contribution in [3.05, 3.63) is 0 Å². The van der Waals surface area contributed by atoms with Gasteiger partial charge in [0.25, 0.3) is 0 Å². The van der Waals surface area contributed by atoms with E-state index in [4.69, 9.17) is 0 Å². The van der Waals surface area contributed by atoms with Crippen molar-refractivity contribution in [2.75, 3.05) is 13.1 Å². The molecule has 0 aliphatic heterocycles. The maximum absolute atomic E-state index is 10.1. The lowest BCUT2D eigenvalue weighted by atomic mass is 10.0. The van der Waals surface area contributed by atoms with Gasteiger partial charge in [0.05, 0.1) is 6.10 Å². The predicted molar refractivity (Wildman–Crippen MR) is 127 cm³/mol. The van der Waals surface area contributed by atoms with Gasteiger partial charge in [0.15, 0.2) is 0 Å². The van der Waals surface area contributed by atoms with E-state index >= 15 is 0 Å². The van der Waals surface area contributed by atoms with Crippen LogP contribution in [0.25, 0.3) is 0 Å². The molecule has 0 aromatic carbocycles. The van der Waals surface area contributed by atoms with Crippen molar-refractivity contribution in [1.29, 1.82) is 0 Å². The number of hydrogen-bond donors (Lipinski definition) is 2. The van der Waals surface area contributed by atoms with E-state index in [2.05, 4.69) is 19.2 Å². The van der Waals surface area contributed by atoms with Crippen molar-refractivity contribution < 1.29 is 5.11 Å². The minimum atomic E-state index is -0.142. The van der Waals surface area contributed by atoms with E-state index in [1.165, 1.54) is 128 Å². The van der Waals surface area contributed by atoms with Crippen LogP contribution >= 0.6 is 0 Å². The van der Waals surface area contributed by atoms with Gasteiger partial charge in [0, 0.05) is 6.54 Å². The van der Waals surface area contributed by atoms with Crippen molar-refractivity contribution in [3.8, 4) is 0 Å². The van der Waals surface area contributed by atoms with Crippen molar-refractivity contribution in [1.82, 2.24) is 5.32 Å². The van der Waals surface area contributed by atoms with Gasteiger partial charge in [0.2, 0.25) is 0 Å². The molecule has 0 saturated heterocycles. The van der Waals surface area contributed by atoms with Crippen LogP contribution in [0.1, 0.15) is 149 Å². The molecule has 0 aliphatic carbocycles. The van der Waals surface area contributed by atoms with Crippen LogP contribution in [0, 0.1) is 0 Å². The molecular weight excluding hydrogens is 342 g/mol. The highest BCUT2D eigenvalue weighted by molar-refractivity contribution is 4.60. The molecule has 2 N–H and O–H groups in total. The third-order valence-corrected chi connectivity index (χ3v) is 5.98. The summed E-state index contributed by atoms with van der Waals surface area (Å²) < 4.78 is 0. The standard InChI is InChI=1S/C26H55NO/c1-3-5-7-9-11-13-14-15-16-17-19-21-23-26(28)25-27-24-22-20-18-12-10-8-6-4-2/h26-28H,3-25H2,1-2H3. The molecule has 0 bridgehead atoms. The van der Waals surface area contributed by atoms with Crippen LogP contribution in [-0.4, -0.2) is 24.3 Å². The molecule has 0 aliphatic rings. The summed E-state index contributed by atoms with van der Waals surface area (Å²) in [6, 6.07) is 0. The van der Waals surface area contributed by atoms with Gasteiger partial charge in [-0.25, -0.2) is 0 Å². The molecule has 0 fully saturated rings. The number of unbranched alkanes of at least 4 members (excludes halogenated alkanes) is 18. The van der Waals surface area contributed by atoms with Crippen LogP contribution in [-0.2, 0) is 0 Å². The maximum Gasteiger partial charge on any atom is 0.0664 e. The molecule has 1 unspecified atom stereocenters. The molecule has 0 amide bonds. The van der Waals surface area contributed by atoms with Gasteiger partial charge in [-0.05, 0) is 19.4 Å². The Hall–Kier alpha value is -0.0800. The quantitative estimate of drug-likeness (QED) is 0.161. The van der Waals surface area contributed by atoms with Crippen LogP contribution in [0.15, 0.2) is 0 Å². The molecule has 0 radical (unpaired) electrons. The highest BCUT2D eigenvalue weighted by Crippen LogP contribution is 2.13. The lowest BCUT2D eigenvalue weighted by molar-refractivity contribution is 0.158. The number of nitrogens with one attached hydrogen (secondary N) is 1. The Balaban J connectivity index is 3.12. The molecular formula is C26H55NO. The van der Waals surface area contributed by atoms with Gasteiger partial charge in [-0.1, -0.05) is 136 Å². The summed E-state index contributed by atoms with van der Waals surface area (Å²) in [7, 11) is 0. The Kier molecular flexibility index (Phi) is 24.9. The van der Waals surface area contributed by atoms with E-state index in [0.717, 1.165) is 19.5 Å². The average Bonchev–Trinajstić information content (AvgIpc) is 2.70. The zero-order valence-electron chi connectivity index (χ0n) is 19.8. The lowest BCUT2D eigenvalue weighted by Crippen LogP contribution is -2.27. The first kappa shape index (κ1) is 27.9. The van der Waals surface area contributed by atoms with Crippen LogP contribution in [0.4, 0.5) is 0 Å². The predicted octanol–water partition coefficient (Wildman–Crippen LogP) is 8.17.